The molecule has 0 fully saturated rings. The lowest BCUT2D eigenvalue weighted by molar-refractivity contribution is -0.118. The molecule has 0 bridgehead atoms. The van der Waals surface area contributed by atoms with Crippen LogP contribution in [0.4, 0.5) is 10.2 Å². The first-order chi connectivity index (χ1) is 19.4. The third-order valence-electron chi connectivity index (χ3n) is 6.85. The fourth-order valence-electron chi connectivity index (χ4n) is 4.71. The quantitative estimate of drug-likeness (QED) is 0.269. The van der Waals surface area contributed by atoms with E-state index in [0.717, 1.165) is 27.8 Å². The highest BCUT2D eigenvalue weighted by molar-refractivity contribution is 6.39. The molecule has 40 heavy (non-hydrogen) atoms. The summed E-state index contributed by atoms with van der Waals surface area (Å²) in [4.78, 5) is 30.5. The number of aromatic nitrogens is 1. The van der Waals surface area contributed by atoms with Crippen LogP contribution in [0.5, 0.6) is 11.5 Å². The Labute approximate surface area is 231 Å². The van der Waals surface area contributed by atoms with Gasteiger partial charge in [0.05, 0.1) is 19.8 Å². The van der Waals surface area contributed by atoms with Crippen molar-refractivity contribution in [2.24, 2.45) is 0 Å². The SMILES string of the molecule is COc1ccc(-c2cnc(N)c(-c3ccc(CC(=O)C4=CCC=C(c5ccc(F)cc5)C4=O)cc3)c2)cc1OC. The van der Waals surface area contributed by atoms with Crippen molar-refractivity contribution in [1.82, 2.24) is 4.98 Å². The van der Waals surface area contributed by atoms with Gasteiger partial charge in [-0.25, -0.2) is 9.37 Å². The smallest absolute Gasteiger partial charge is 0.196 e. The van der Waals surface area contributed by atoms with Gasteiger partial charge in [-0.2, -0.15) is 0 Å². The number of pyridine rings is 1. The molecule has 4 aromatic rings. The Bertz CT molecular complexity index is 1660. The van der Waals surface area contributed by atoms with Gasteiger partial charge in [-0.1, -0.05) is 54.6 Å². The summed E-state index contributed by atoms with van der Waals surface area (Å²) in [5.41, 5.74) is 11.5. The highest BCUT2D eigenvalue weighted by atomic mass is 19.1. The standard InChI is InChI=1S/C33H27FN2O4/c1-39-30-15-12-23(18-31(30)40-2)24-17-28(33(35)36-19-24)22-8-6-20(7-9-22)16-29(37)27-5-3-4-26(32(27)38)21-10-13-25(34)14-11-21/h4-15,17-19H,3,16H2,1-2H3,(H2,35,36). The van der Waals surface area contributed by atoms with E-state index >= 15 is 0 Å². The predicted octanol–water partition coefficient (Wildman–Crippen LogP) is 6.25. The molecule has 3 aromatic carbocycles. The van der Waals surface area contributed by atoms with Crippen molar-refractivity contribution in [3.63, 3.8) is 0 Å². The van der Waals surface area contributed by atoms with E-state index in [1.54, 1.807) is 44.7 Å². The van der Waals surface area contributed by atoms with Crippen LogP contribution in [0.15, 0.2) is 96.7 Å². The highest BCUT2D eigenvalue weighted by Crippen LogP contribution is 2.35. The van der Waals surface area contributed by atoms with Gasteiger partial charge in [-0.15, -0.1) is 0 Å². The molecule has 5 rings (SSSR count). The molecule has 0 amide bonds. The molecular weight excluding hydrogens is 507 g/mol. The summed E-state index contributed by atoms with van der Waals surface area (Å²) in [6, 6.07) is 20.8. The number of Topliss-reactive ketones (excluding diaryl/α,β-unsaturated/α-hetero) is 2. The molecule has 2 N–H and O–H groups in total. The zero-order valence-corrected chi connectivity index (χ0v) is 22.1. The number of carbonyl (C=O) groups is 2. The Morgan fingerprint density at radius 1 is 0.850 bits per heavy atom. The fraction of sp³-hybridized carbons (Fsp3) is 0.121. The summed E-state index contributed by atoms with van der Waals surface area (Å²) in [5, 5.41) is 0. The summed E-state index contributed by atoms with van der Waals surface area (Å²) in [7, 11) is 3.17. The molecule has 0 radical (unpaired) electrons. The number of nitrogen functional groups attached to an aromatic ring is 1. The van der Waals surface area contributed by atoms with E-state index in [9.17, 15) is 14.0 Å². The molecule has 7 heteroatoms. The number of ether oxygens (including phenoxy) is 2. The van der Waals surface area contributed by atoms with Gasteiger partial charge in [0.1, 0.15) is 11.6 Å². The number of anilines is 1. The van der Waals surface area contributed by atoms with Gasteiger partial charge in [0, 0.05) is 29.3 Å². The number of nitrogens with zero attached hydrogens (tertiary/aromatic N) is 1. The average Bonchev–Trinajstić information content (AvgIpc) is 2.98. The maximum absolute atomic E-state index is 13.3. The molecule has 0 saturated carbocycles. The number of nitrogens with two attached hydrogens (primary N) is 1. The summed E-state index contributed by atoms with van der Waals surface area (Å²) >= 11 is 0. The lowest BCUT2D eigenvalue weighted by Gasteiger charge is -2.14. The molecule has 6 nitrogen and oxygen atoms in total. The lowest BCUT2D eigenvalue weighted by atomic mass is 9.87. The maximum atomic E-state index is 13.3. The highest BCUT2D eigenvalue weighted by Gasteiger charge is 2.25. The normalized spacial score (nSPS) is 12.9. The number of methoxy groups -OCH3 is 2. The number of halogens is 1. The van der Waals surface area contributed by atoms with Crippen LogP contribution in [0.25, 0.3) is 27.8 Å². The van der Waals surface area contributed by atoms with Crippen LogP contribution < -0.4 is 15.2 Å². The lowest BCUT2D eigenvalue weighted by Crippen LogP contribution is -2.18. The van der Waals surface area contributed by atoms with Crippen molar-refractivity contribution in [2.75, 3.05) is 20.0 Å². The number of rotatable bonds is 8. The average molecular weight is 535 g/mol. The molecule has 0 spiro atoms. The van der Waals surface area contributed by atoms with Crippen LogP contribution in [-0.4, -0.2) is 30.8 Å². The number of benzene rings is 3. The Morgan fingerprint density at radius 3 is 2.23 bits per heavy atom. The molecule has 1 heterocycles. The Kier molecular flexibility index (Phi) is 7.55. The van der Waals surface area contributed by atoms with Crippen LogP contribution in [0, 0.1) is 5.82 Å². The van der Waals surface area contributed by atoms with E-state index < -0.39 is 0 Å². The first-order valence-electron chi connectivity index (χ1n) is 12.7. The Morgan fingerprint density at radius 2 is 1.52 bits per heavy atom. The van der Waals surface area contributed by atoms with Crippen LogP contribution in [-0.2, 0) is 16.0 Å². The second-order valence-electron chi connectivity index (χ2n) is 9.33. The number of ketones is 2. The minimum Gasteiger partial charge on any atom is -0.493 e. The van der Waals surface area contributed by atoms with E-state index in [-0.39, 0.29) is 29.4 Å². The summed E-state index contributed by atoms with van der Waals surface area (Å²) in [5.74, 6) is 0.638. The second kappa shape index (κ2) is 11.4. The van der Waals surface area contributed by atoms with Crippen LogP contribution in [0.1, 0.15) is 17.5 Å². The first kappa shape index (κ1) is 26.6. The van der Waals surface area contributed by atoms with E-state index in [1.165, 1.54) is 12.1 Å². The molecule has 0 saturated heterocycles. The molecule has 1 aromatic heterocycles. The van der Waals surface area contributed by atoms with Crippen LogP contribution in [0.2, 0.25) is 0 Å². The molecule has 1 aliphatic rings. The number of hydrogen-bond donors (Lipinski definition) is 1. The minimum atomic E-state index is -0.381. The van der Waals surface area contributed by atoms with E-state index in [0.29, 0.717) is 34.9 Å². The molecule has 0 atom stereocenters. The molecule has 200 valence electrons. The second-order valence-corrected chi connectivity index (χ2v) is 9.33. The monoisotopic (exact) mass is 534 g/mol. The molecule has 0 aliphatic heterocycles. The van der Waals surface area contributed by atoms with Crippen LogP contribution in [0.3, 0.4) is 0 Å². The van der Waals surface area contributed by atoms with Crippen molar-refractivity contribution in [1.29, 1.82) is 0 Å². The third kappa shape index (κ3) is 5.40. The van der Waals surface area contributed by atoms with Gasteiger partial charge in [-0.05, 0) is 59.0 Å². The van der Waals surface area contributed by atoms with Crippen LogP contribution >= 0.6 is 0 Å². The number of allylic oxidation sites excluding steroid dienone is 4. The summed E-state index contributed by atoms with van der Waals surface area (Å²) in [6.07, 6.45) is 5.65. The first-order valence-corrected chi connectivity index (χ1v) is 12.7. The van der Waals surface area contributed by atoms with E-state index in [4.69, 9.17) is 15.2 Å². The molecular formula is C33H27FN2O4. The van der Waals surface area contributed by atoms with Gasteiger partial charge in [0.25, 0.3) is 0 Å². The minimum absolute atomic E-state index is 0.0773. The Balaban J connectivity index is 1.33. The van der Waals surface area contributed by atoms with Crippen molar-refractivity contribution in [3.05, 3.63) is 114 Å². The fourth-order valence-corrected chi connectivity index (χ4v) is 4.71. The van der Waals surface area contributed by atoms with E-state index in [1.807, 2.05) is 48.5 Å². The van der Waals surface area contributed by atoms with Crippen molar-refractivity contribution >= 4 is 23.0 Å². The molecule has 0 unspecified atom stereocenters. The number of hydrogen-bond acceptors (Lipinski definition) is 6. The van der Waals surface area contributed by atoms with Gasteiger partial charge in [0.15, 0.2) is 23.1 Å². The van der Waals surface area contributed by atoms with Gasteiger partial charge >= 0.3 is 0 Å². The van der Waals surface area contributed by atoms with E-state index in [2.05, 4.69) is 4.98 Å². The van der Waals surface area contributed by atoms with Crippen molar-refractivity contribution in [2.45, 2.75) is 12.8 Å². The maximum Gasteiger partial charge on any atom is 0.196 e. The zero-order valence-electron chi connectivity index (χ0n) is 22.1. The largest absolute Gasteiger partial charge is 0.493 e. The summed E-state index contributed by atoms with van der Waals surface area (Å²) < 4.78 is 24.1. The summed E-state index contributed by atoms with van der Waals surface area (Å²) in [6.45, 7) is 0. The molecule has 1 aliphatic carbocycles. The Hall–Kier alpha value is -5.04. The van der Waals surface area contributed by atoms with Gasteiger partial charge in [-0.3, -0.25) is 9.59 Å². The van der Waals surface area contributed by atoms with Gasteiger partial charge in [0.2, 0.25) is 0 Å². The topological polar surface area (TPSA) is 91.5 Å². The van der Waals surface area contributed by atoms with Gasteiger partial charge < -0.3 is 15.2 Å². The zero-order chi connectivity index (χ0) is 28.2. The van der Waals surface area contributed by atoms with Crippen molar-refractivity contribution < 1.29 is 23.5 Å². The predicted molar refractivity (Wildman–Crippen MR) is 153 cm³/mol. The third-order valence-corrected chi connectivity index (χ3v) is 6.85. The van der Waals surface area contributed by atoms with Crippen molar-refractivity contribution in [3.8, 4) is 33.8 Å². The number of carbonyl (C=O) groups excluding carboxylic acids is 2.